The molecule has 0 fully saturated rings. The maximum atomic E-state index is 6.02. The van der Waals surface area contributed by atoms with Crippen LogP contribution in [0.2, 0.25) is 5.02 Å². The lowest BCUT2D eigenvalue weighted by molar-refractivity contribution is 0.311. The van der Waals surface area contributed by atoms with Crippen molar-refractivity contribution in [1.82, 2.24) is 0 Å². The number of alkyl halides is 1. The lowest BCUT2D eigenvalue weighted by atomic mass is 10.2. The maximum Gasteiger partial charge on any atom is 0.179 e. The summed E-state index contributed by atoms with van der Waals surface area (Å²) in [6.07, 6.45) is 0. The largest absolute Gasteiger partial charge is 0.491 e. The van der Waals surface area contributed by atoms with Crippen LogP contribution in [0.1, 0.15) is 12.5 Å². The highest BCUT2D eigenvalue weighted by molar-refractivity contribution is 9.08. The van der Waals surface area contributed by atoms with Crippen LogP contribution in [0.3, 0.4) is 0 Å². The second kappa shape index (κ2) is 5.47. The highest BCUT2D eigenvalue weighted by atomic mass is 79.9. The average Bonchev–Trinajstić information content (AvgIpc) is 2.18. The van der Waals surface area contributed by atoms with Crippen LogP contribution in [-0.2, 0) is 5.33 Å². The average molecular weight is 280 g/mol. The van der Waals surface area contributed by atoms with E-state index in [0.717, 1.165) is 10.9 Å². The third-order valence-electron chi connectivity index (χ3n) is 1.73. The number of hydrogen-bond donors (Lipinski definition) is 0. The predicted octanol–water partition coefficient (Wildman–Crippen LogP) is 3.64. The van der Waals surface area contributed by atoms with E-state index in [2.05, 4.69) is 15.9 Å². The van der Waals surface area contributed by atoms with Gasteiger partial charge in [0, 0.05) is 5.33 Å². The van der Waals surface area contributed by atoms with Crippen molar-refractivity contribution in [3.05, 3.63) is 22.7 Å². The molecule has 2 nitrogen and oxygen atoms in total. The zero-order valence-electron chi connectivity index (χ0n) is 8.14. The van der Waals surface area contributed by atoms with Gasteiger partial charge in [-0.15, -0.1) is 0 Å². The van der Waals surface area contributed by atoms with Gasteiger partial charge in [0.1, 0.15) is 0 Å². The molecular formula is C10H12BrClO2. The minimum Gasteiger partial charge on any atom is -0.491 e. The van der Waals surface area contributed by atoms with Gasteiger partial charge in [0.25, 0.3) is 0 Å². The second-order valence-corrected chi connectivity index (χ2v) is 3.64. The molecule has 0 N–H and O–H groups in total. The van der Waals surface area contributed by atoms with Gasteiger partial charge in [-0.25, -0.2) is 0 Å². The normalized spacial score (nSPS) is 10.0. The van der Waals surface area contributed by atoms with E-state index in [-0.39, 0.29) is 0 Å². The molecule has 1 aromatic carbocycles. The fourth-order valence-electron chi connectivity index (χ4n) is 1.16. The number of benzene rings is 1. The van der Waals surface area contributed by atoms with E-state index >= 15 is 0 Å². The van der Waals surface area contributed by atoms with Crippen molar-refractivity contribution < 1.29 is 9.47 Å². The van der Waals surface area contributed by atoms with Crippen molar-refractivity contribution in [3.8, 4) is 11.5 Å². The van der Waals surface area contributed by atoms with Crippen LogP contribution < -0.4 is 9.47 Å². The van der Waals surface area contributed by atoms with E-state index < -0.39 is 0 Å². The van der Waals surface area contributed by atoms with Crippen molar-refractivity contribution in [2.45, 2.75) is 12.3 Å². The van der Waals surface area contributed by atoms with E-state index in [9.17, 15) is 0 Å². The zero-order valence-corrected chi connectivity index (χ0v) is 10.5. The summed E-state index contributed by atoms with van der Waals surface area (Å²) in [5.41, 5.74) is 1.07. The molecule has 0 atom stereocenters. The Hall–Kier alpha value is -0.410. The summed E-state index contributed by atoms with van der Waals surface area (Å²) in [6, 6.07) is 3.78. The Morgan fingerprint density at radius 2 is 2.14 bits per heavy atom. The van der Waals surface area contributed by atoms with Gasteiger partial charge in [0.05, 0.1) is 18.7 Å². The first-order valence-electron chi connectivity index (χ1n) is 4.28. The van der Waals surface area contributed by atoms with E-state index in [4.69, 9.17) is 21.1 Å². The third kappa shape index (κ3) is 2.55. The van der Waals surface area contributed by atoms with E-state index in [1.165, 1.54) is 0 Å². The summed E-state index contributed by atoms with van der Waals surface area (Å²) < 4.78 is 10.6. The van der Waals surface area contributed by atoms with Crippen molar-refractivity contribution in [2.24, 2.45) is 0 Å². The first-order chi connectivity index (χ1) is 6.72. The summed E-state index contributed by atoms with van der Waals surface area (Å²) in [5, 5.41) is 1.32. The Morgan fingerprint density at radius 1 is 1.43 bits per heavy atom. The lowest BCUT2D eigenvalue weighted by Gasteiger charge is -2.11. The first-order valence-corrected chi connectivity index (χ1v) is 5.78. The van der Waals surface area contributed by atoms with Crippen LogP contribution in [0.15, 0.2) is 12.1 Å². The third-order valence-corrected chi connectivity index (χ3v) is 2.66. The van der Waals surface area contributed by atoms with Crippen LogP contribution in [0.5, 0.6) is 11.5 Å². The molecule has 0 aromatic heterocycles. The molecule has 0 spiro atoms. The Bertz CT molecular complexity index is 315. The van der Waals surface area contributed by atoms with Gasteiger partial charge in [-0.3, -0.25) is 0 Å². The Morgan fingerprint density at radius 3 is 2.64 bits per heavy atom. The van der Waals surface area contributed by atoms with Gasteiger partial charge in [-0.05, 0) is 24.6 Å². The quantitative estimate of drug-likeness (QED) is 0.783. The number of hydrogen-bond acceptors (Lipinski definition) is 2. The molecule has 0 heterocycles. The lowest BCUT2D eigenvalue weighted by Crippen LogP contribution is -1.97. The maximum absolute atomic E-state index is 6.02. The second-order valence-electron chi connectivity index (χ2n) is 2.68. The fourth-order valence-corrected chi connectivity index (χ4v) is 1.79. The number of methoxy groups -OCH3 is 1. The molecule has 78 valence electrons. The molecule has 0 aliphatic heterocycles. The molecule has 0 aliphatic rings. The topological polar surface area (TPSA) is 18.5 Å². The van der Waals surface area contributed by atoms with E-state index in [1.54, 1.807) is 7.11 Å². The van der Waals surface area contributed by atoms with Gasteiger partial charge in [-0.1, -0.05) is 27.5 Å². The summed E-state index contributed by atoms with van der Waals surface area (Å²) in [4.78, 5) is 0. The van der Waals surface area contributed by atoms with Crippen molar-refractivity contribution in [1.29, 1.82) is 0 Å². The molecule has 0 aliphatic carbocycles. The summed E-state index contributed by atoms with van der Waals surface area (Å²) in [6.45, 7) is 2.52. The molecule has 0 radical (unpaired) electrons. The van der Waals surface area contributed by atoms with Gasteiger partial charge in [0.15, 0.2) is 11.5 Å². The predicted molar refractivity (Wildman–Crippen MR) is 61.8 cm³/mol. The van der Waals surface area contributed by atoms with Crippen molar-refractivity contribution in [3.63, 3.8) is 0 Å². The molecule has 14 heavy (non-hydrogen) atoms. The Kier molecular flexibility index (Phi) is 4.55. The standard InChI is InChI=1S/C10H12BrClO2/c1-3-14-9-5-7(6-11)4-8(12)10(9)13-2/h4-5H,3,6H2,1-2H3. The first kappa shape index (κ1) is 11.7. The van der Waals surface area contributed by atoms with Gasteiger partial charge < -0.3 is 9.47 Å². The number of ether oxygens (including phenoxy) is 2. The van der Waals surface area contributed by atoms with Crippen LogP contribution in [0.4, 0.5) is 0 Å². The molecular weight excluding hydrogens is 267 g/mol. The van der Waals surface area contributed by atoms with E-state index in [0.29, 0.717) is 23.1 Å². The molecule has 0 amide bonds. The SMILES string of the molecule is CCOc1cc(CBr)cc(Cl)c1OC. The Labute approximate surface area is 97.3 Å². The molecule has 0 saturated carbocycles. The van der Waals surface area contributed by atoms with Crippen LogP contribution in [-0.4, -0.2) is 13.7 Å². The highest BCUT2D eigenvalue weighted by Crippen LogP contribution is 2.36. The molecule has 4 heteroatoms. The van der Waals surface area contributed by atoms with Crippen molar-refractivity contribution in [2.75, 3.05) is 13.7 Å². The monoisotopic (exact) mass is 278 g/mol. The van der Waals surface area contributed by atoms with Crippen molar-refractivity contribution >= 4 is 27.5 Å². The molecule has 0 saturated heterocycles. The molecule has 0 bridgehead atoms. The fraction of sp³-hybridized carbons (Fsp3) is 0.400. The Balaban J connectivity index is 3.13. The van der Waals surface area contributed by atoms with Crippen LogP contribution >= 0.6 is 27.5 Å². The number of halogens is 2. The van der Waals surface area contributed by atoms with E-state index in [1.807, 2.05) is 19.1 Å². The summed E-state index contributed by atoms with van der Waals surface area (Å²) in [7, 11) is 1.58. The molecule has 1 rings (SSSR count). The summed E-state index contributed by atoms with van der Waals surface area (Å²) >= 11 is 9.39. The minimum atomic E-state index is 0.577. The zero-order chi connectivity index (χ0) is 10.6. The minimum absolute atomic E-state index is 0.577. The molecule has 0 unspecified atom stereocenters. The van der Waals surface area contributed by atoms with Gasteiger partial charge in [0.2, 0.25) is 0 Å². The van der Waals surface area contributed by atoms with Crippen LogP contribution in [0, 0.1) is 0 Å². The summed E-state index contributed by atoms with van der Waals surface area (Å²) in [5.74, 6) is 1.29. The van der Waals surface area contributed by atoms with Gasteiger partial charge in [-0.2, -0.15) is 0 Å². The molecule has 1 aromatic rings. The van der Waals surface area contributed by atoms with Gasteiger partial charge >= 0.3 is 0 Å². The van der Waals surface area contributed by atoms with Crippen LogP contribution in [0.25, 0.3) is 0 Å². The highest BCUT2D eigenvalue weighted by Gasteiger charge is 2.10. The smallest absolute Gasteiger partial charge is 0.179 e. The number of rotatable bonds is 4.